The molecule has 0 spiro atoms. The van der Waals surface area contributed by atoms with Crippen molar-refractivity contribution in [2.45, 2.75) is 40.0 Å². The van der Waals surface area contributed by atoms with Crippen molar-refractivity contribution < 1.29 is 4.43 Å². The first kappa shape index (κ1) is 10.7. The van der Waals surface area contributed by atoms with E-state index in [1.54, 1.807) is 0 Å². The van der Waals surface area contributed by atoms with Crippen LogP contribution in [0, 0.1) is 5.92 Å². The van der Waals surface area contributed by atoms with Crippen molar-refractivity contribution >= 4 is 8.32 Å². The second-order valence-electron chi connectivity index (χ2n) is 4.60. The van der Waals surface area contributed by atoms with Gasteiger partial charge in [0.2, 0.25) is 8.32 Å². The highest BCUT2D eigenvalue weighted by atomic mass is 28.4. The molecular weight excluding hydrogens is 176 g/mol. The Hall–Kier alpha value is -0.343. The van der Waals surface area contributed by atoms with Crippen LogP contribution in [0.3, 0.4) is 0 Å². The zero-order valence-electron chi connectivity index (χ0n) is 9.35. The lowest BCUT2D eigenvalue weighted by atomic mass is 9.99. The molecule has 1 nitrogen and oxygen atoms in total. The Kier molecular flexibility index (Phi) is 2.83. The minimum absolute atomic E-state index is 0.241. The molecule has 2 heteroatoms. The van der Waals surface area contributed by atoms with Crippen LogP contribution >= 0.6 is 0 Å². The van der Waals surface area contributed by atoms with E-state index >= 15 is 0 Å². The average molecular weight is 196 g/mol. The summed E-state index contributed by atoms with van der Waals surface area (Å²) in [6, 6.07) is 0. The molecule has 1 heterocycles. The highest BCUT2D eigenvalue weighted by Gasteiger charge is 2.35. The van der Waals surface area contributed by atoms with Gasteiger partial charge in [0.25, 0.3) is 0 Å². The lowest BCUT2D eigenvalue weighted by Gasteiger charge is -2.38. The van der Waals surface area contributed by atoms with Gasteiger partial charge < -0.3 is 4.43 Å². The fourth-order valence-corrected chi connectivity index (χ4v) is 3.65. The van der Waals surface area contributed by atoms with Crippen LogP contribution in [0.25, 0.3) is 0 Å². The van der Waals surface area contributed by atoms with E-state index in [1.807, 2.05) is 0 Å². The zero-order chi connectivity index (χ0) is 10.2. The number of hydrogen-bond donors (Lipinski definition) is 0. The summed E-state index contributed by atoms with van der Waals surface area (Å²) in [6.07, 6.45) is 2.60. The van der Waals surface area contributed by atoms with Crippen LogP contribution in [0.2, 0.25) is 13.1 Å². The number of hydrogen-bond acceptors (Lipinski definition) is 1. The topological polar surface area (TPSA) is 9.23 Å². The molecule has 0 N–H and O–H groups in total. The highest BCUT2D eigenvalue weighted by Crippen LogP contribution is 2.31. The molecule has 0 unspecified atom stereocenters. The fourth-order valence-electron chi connectivity index (χ4n) is 1.75. The minimum atomic E-state index is -1.56. The molecule has 0 saturated heterocycles. The van der Waals surface area contributed by atoms with Crippen molar-refractivity contribution in [1.82, 2.24) is 0 Å². The molecule has 74 valence electrons. The van der Waals surface area contributed by atoms with Gasteiger partial charge in [-0.15, -0.1) is 0 Å². The molecule has 0 amide bonds. The molecule has 1 aliphatic heterocycles. The second-order valence-corrected chi connectivity index (χ2v) is 8.65. The highest BCUT2D eigenvalue weighted by molar-refractivity contribution is 6.78. The number of rotatable bonds is 1. The van der Waals surface area contributed by atoms with Gasteiger partial charge in [0.1, 0.15) is 0 Å². The van der Waals surface area contributed by atoms with Gasteiger partial charge in [-0.05, 0) is 26.9 Å². The molecule has 0 bridgehead atoms. The molecule has 0 radical (unpaired) electrons. The van der Waals surface area contributed by atoms with Gasteiger partial charge in [-0.1, -0.05) is 30.3 Å². The van der Waals surface area contributed by atoms with Gasteiger partial charge in [0, 0.05) is 5.92 Å². The fraction of sp³-hybridized carbons (Fsp3) is 0.636. The lowest BCUT2D eigenvalue weighted by molar-refractivity contribution is 0.184. The summed E-state index contributed by atoms with van der Waals surface area (Å²) >= 11 is 0. The molecule has 2 atom stereocenters. The summed E-state index contributed by atoms with van der Waals surface area (Å²) in [7, 11) is -1.56. The van der Waals surface area contributed by atoms with Gasteiger partial charge in [-0.25, -0.2) is 0 Å². The third-order valence-corrected chi connectivity index (χ3v) is 5.76. The molecule has 13 heavy (non-hydrogen) atoms. The Balaban J connectivity index is 2.93. The first-order valence-corrected chi connectivity index (χ1v) is 7.77. The van der Waals surface area contributed by atoms with Gasteiger partial charge >= 0.3 is 0 Å². The minimum Gasteiger partial charge on any atom is -0.406 e. The van der Waals surface area contributed by atoms with Crippen LogP contribution in [0.15, 0.2) is 23.4 Å². The van der Waals surface area contributed by atoms with E-state index in [2.05, 4.69) is 46.5 Å². The van der Waals surface area contributed by atoms with E-state index in [4.69, 9.17) is 4.43 Å². The largest absolute Gasteiger partial charge is 0.406 e. The van der Waals surface area contributed by atoms with E-state index in [0.29, 0.717) is 5.92 Å². The first-order valence-electron chi connectivity index (χ1n) is 4.86. The molecule has 0 saturated carbocycles. The SMILES string of the molecule is C=C(C)[C@@H]1O[Si](C)(C)C(C)=C[C@@H]1C. The van der Waals surface area contributed by atoms with Crippen molar-refractivity contribution in [2.75, 3.05) is 0 Å². The van der Waals surface area contributed by atoms with Crippen LogP contribution in [-0.4, -0.2) is 14.4 Å². The van der Waals surface area contributed by atoms with Crippen LogP contribution in [0.4, 0.5) is 0 Å². The Morgan fingerprint density at radius 2 is 2.08 bits per heavy atom. The standard InChI is InChI=1S/C11H20OSi/c1-8(2)11-9(3)7-10(4)13(5,6)12-11/h7,9,11H,1H2,2-6H3/t9-,11-/m0/s1. The Bertz CT molecular complexity index is 253. The van der Waals surface area contributed by atoms with Crippen molar-refractivity contribution in [1.29, 1.82) is 0 Å². The van der Waals surface area contributed by atoms with Crippen LogP contribution < -0.4 is 0 Å². The maximum Gasteiger partial charge on any atom is 0.214 e. The van der Waals surface area contributed by atoms with E-state index < -0.39 is 8.32 Å². The summed E-state index contributed by atoms with van der Waals surface area (Å²) in [5, 5.41) is 1.46. The molecule has 0 aromatic carbocycles. The van der Waals surface area contributed by atoms with Crippen molar-refractivity contribution in [2.24, 2.45) is 5.92 Å². The number of allylic oxidation sites excluding steroid dienone is 1. The third-order valence-electron chi connectivity index (χ3n) is 2.85. The lowest BCUT2D eigenvalue weighted by Crippen LogP contribution is -2.43. The molecule has 0 aromatic heterocycles. The van der Waals surface area contributed by atoms with Crippen molar-refractivity contribution in [3.63, 3.8) is 0 Å². The monoisotopic (exact) mass is 196 g/mol. The summed E-state index contributed by atoms with van der Waals surface area (Å²) in [5.74, 6) is 0.484. The van der Waals surface area contributed by atoms with Gasteiger partial charge in [0.05, 0.1) is 6.10 Å². The van der Waals surface area contributed by atoms with Gasteiger partial charge in [-0.2, -0.15) is 0 Å². The summed E-state index contributed by atoms with van der Waals surface area (Å²) < 4.78 is 6.13. The van der Waals surface area contributed by atoms with Crippen molar-refractivity contribution in [3.05, 3.63) is 23.4 Å². The predicted molar refractivity (Wildman–Crippen MR) is 60.1 cm³/mol. The molecule has 0 aromatic rings. The van der Waals surface area contributed by atoms with Crippen LogP contribution in [0.1, 0.15) is 20.8 Å². The summed E-state index contributed by atoms with van der Waals surface area (Å²) in [5.41, 5.74) is 1.15. The van der Waals surface area contributed by atoms with Crippen LogP contribution in [-0.2, 0) is 4.43 Å². The Labute approximate surface area is 82.6 Å². The van der Waals surface area contributed by atoms with Crippen molar-refractivity contribution in [3.8, 4) is 0 Å². The molecule has 0 aliphatic carbocycles. The maximum atomic E-state index is 6.13. The Morgan fingerprint density at radius 1 is 1.54 bits per heavy atom. The predicted octanol–water partition coefficient (Wildman–Crippen LogP) is 3.29. The Morgan fingerprint density at radius 3 is 2.54 bits per heavy atom. The summed E-state index contributed by atoms with van der Waals surface area (Å²) in [4.78, 5) is 0. The average Bonchev–Trinajstić information content (AvgIpc) is 1.97. The van der Waals surface area contributed by atoms with Crippen LogP contribution in [0.5, 0.6) is 0 Å². The summed E-state index contributed by atoms with van der Waals surface area (Å²) in [6.45, 7) is 14.9. The zero-order valence-corrected chi connectivity index (χ0v) is 10.3. The molecule has 1 rings (SSSR count). The quantitative estimate of drug-likeness (QED) is 0.462. The smallest absolute Gasteiger partial charge is 0.214 e. The van der Waals surface area contributed by atoms with E-state index in [0.717, 1.165) is 5.57 Å². The second kappa shape index (κ2) is 3.43. The third kappa shape index (κ3) is 2.12. The van der Waals surface area contributed by atoms with Gasteiger partial charge in [-0.3, -0.25) is 0 Å². The molecule has 1 aliphatic rings. The molecular formula is C11H20OSi. The van der Waals surface area contributed by atoms with E-state index in [9.17, 15) is 0 Å². The maximum absolute atomic E-state index is 6.13. The first-order chi connectivity index (χ1) is 5.84. The van der Waals surface area contributed by atoms with E-state index in [1.165, 1.54) is 5.20 Å². The van der Waals surface area contributed by atoms with E-state index in [-0.39, 0.29) is 6.10 Å². The normalized spacial score (nSPS) is 32.5. The van der Waals surface area contributed by atoms with Gasteiger partial charge in [0.15, 0.2) is 0 Å². The molecule has 0 fully saturated rings.